The van der Waals surface area contributed by atoms with Gasteiger partial charge in [0, 0.05) is 6.54 Å². The Hall–Kier alpha value is -4.31. The van der Waals surface area contributed by atoms with E-state index in [-0.39, 0.29) is 23.8 Å². The minimum Gasteiger partial charge on any atom is -0.434 e. The Labute approximate surface area is 239 Å². The number of hydrogen-bond donors (Lipinski definition) is 2. The summed E-state index contributed by atoms with van der Waals surface area (Å²) in [4.78, 5) is 44.6. The predicted octanol–water partition coefficient (Wildman–Crippen LogP) is 4.48. The van der Waals surface area contributed by atoms with Crippen LogP contribution in [0.5, 0.6) is 0 Å². The van der Waals surface area contributed by atoms with E-state index in [4.69, 9.17) is 4.42 Å². The highest BCUT2D eigenvalue weighted by atomic mass is 32.2. The number of unbranched alkanes of at least 4 members (excludes halogenated alkanes) is 1. The molecule has 214 valence electrons. The number of amides is 2. The topological polar surface area (TPSA) is 135 Å². The molecule has 0 spiro atoms. The molecule has 0 saturated heterocycles. The minimum absolute atomic E-state index is 0.107. The predicted molar refractivity (Wildman–Crippen MR) is 155 cm³/mol. The molecule has 3 aromatic carbocycles. The summed E-state index contributed by atoms with van der Waals surface area (Å²) < 4.78 is 31.6. The van der Waals surface area contributed by atoms with Gasteiger partial charge in [-0.25, -0.2) is 13.4 Å². The fourth-order valence-electron chi connectivity index (χ4n) is 4.38. The Morgan fingerprint density at radius 1 is 0.854 bits per heavy atom. The second-order valence-corrected chi connectivity index (χ2v) is 11.8. The molecule has 0 saturated carbocycles. The average Bonchev–Trinajstić information content (AvgIpc) is 3.43. The summed E-state index contributed by atoms with van der Waals surface area (Å²) in [6.07, 6.45) is 1.44. The third-order valence-corrected chi connectivity index (χ3v) is 8.47. The Balaban J connectivity index is 1.54. The summed E-state index contributed by atoms with van der Waals surface area (Å²) in [7, 11) is -3.76. The SMILES string of the molecule is CCCCC(NC(=O)C(CCS(=O)(=O)c1ccccc1)C(=O)NCc1ccccc1)C(=O)c1nc2ccccc2o1. The standard InChI is InChI=1S/C31H33N3O6S/c1-2-3-16-26(28(35)31-34-25-17-10-11-18-27(25)40-31)33-30(37)24(29(36)32-21-22-12-6-4-7-13-22)19-20-41(38,39)23-14-8-5-9-15-23/h4-15,17-18,24,26H,2-3,16,19-21H2,1H3,(H,32,36)(H,33,37). The molecule has 1 heterocycles. The smallest absolute Gasteiger partial charge is 0.266 e. The van der Waals surface area contributed by atoms with Crippen LogP contribution in [0.15, 0.2) is 94.2 Å². The van der Waals surface area contributed by atoms with Crippen molar-refractivity contribution in [1.82, 2.24) is 15.6 Å². The molecule has 9 nitrogen and oxygen atoms in total. The number of Topliss-reactive ketones (excluding diaryl/α,β-unsaturated/α-hetero) is 1. The van der Waals surface area contributed by atoms with E-state index in [1.807, 2.05) is 37.3 Å². The fraction of sp³-hybridized carbons (Fsp3) is 0.290. The first-order valence-electron chi connectivity index (χ1n) is 13.6. The first-order valence-corrected chi connectivity index (χ1v) is 15.2. The Morgan fingerprint density at radius 3 is 2.20 bits per heavy atom. The summed E-state index contributed by atoms with van der Waals surface area (Å²) >= 11 is 0. The van der Waals surface area contributed by atoms with Crippen molar-refractivity contribution in [2.75, 3.05) is 5.75 Å². The third kappa shape index (κ3) is 7.88. The number of rotatable bonds is 14. The number of nitrogens with zero attached hydrogens (tertiary/aromatic N) is 1. The lowest BCUT2D eigenvalue weighted by atomic mass is 10.0. The maximum atomic E-state index is 13.6. The number of sulfone groups is 1. The molecule has 2 atom stereocenters. The summed E-state index contributed by atoms with van der Waals surface area (Å²) in [6, 6.07) is 23.0. The number of aromatic nitrogens is 1. The van der Waals surface area contributed by atoms with Crippen molar-refractivity contribution in [3.63, 3.8) is 0 Å². The van der Waals surface area contributed by atoms with Gasteiger partial charge >= 0.3 is 0 Å². The molecule has 0 radical (unpaired) electrons. The van der Waals surface area contributed by atoms with Crippen molar-refractivity contribution in [3.05, 3.63) is 96.4 Å². The fourth-order valence-corrected chi connectivity index (χ4v) is 5.74. The van der Waals surface area contributed by atoms with E-state index in [1.54, 1.807) is 42.5 Å². The number of hydrogen-bond acceptors (Lipinski definition) is 7. The van der Waals surface area contributed by atoms with E-state index < -0.39 is 45.1 Å². The number of carbonyl (C=O) groups excluding carboxylic acids is 3. The van der Waals surface area contributed by atoms with Crippen LogP contribution < -0.4 is 10.6 Å². The molecule has 4 aromatic rings. The van der Waals surface area contributed by atoms with E-state index in [9.17, 15) is 22.8 Å². The minimum atomic E-state index is -3.76. The first-order chi connectivity index (χ1) is 19.8. The van der Waals surface area contributed by atoms with Gasteiger partial charge in [-0.05, 0) is 42.7 Å². The molecular weight excluding hydrogens is 542 g/mol. The molecule has 4 rings (SSSR count). The maximum absolute atomic E-state index is 13.6. The molecule has 0 aliphatic heterocycles. The zero-order chi connectivity index (χ0) is 29.2. The third-order valence-electron chi connectivity index (χ3n) is 6.70. The van der Waals surface area contributed by atoms with Gasteiger partial charge in [-0.2, -0.15) is 0 Å². The molecule has 41 heavy (non-hydrogen) atoms. The van der Waals surface area contributed by atoms with E-state index in [0.717, 1.165) is 12.0 Å². The molecule has 2 unspecified atom stereocenters. The quantitative estimate of drug-likeness (QED) is 0.167. The van der Waals surface area contributed by atoms with Crippen molar-refractivity contribution in [2.24, 2.45) is 5.92 Å². The van der Waals surface area contributed by atoms with Gasteiger partial charge in [0.25, 0.3) is 5.89 Å². The summed E-state index contributed by atoms with van der Waals surface area (Å²) in [5.41, 5.74) is 1.78. The molecule has 2 N–H and O–H groups in total. The summed E-state index contributed by atoms with van der Waals surface area (Å²) in [5, 5.41) is 5.45. The van der Waals surface area contributed by atoms with Crippen LogP contribution in [-0.2, 0) is 26.0 Å². The molecule has 0 aliphatic carbocycles. The van der Waals surface area contributed by atoms with Crippen LogP contribution >= 0.6 is 0 Å². The number of oxazole rings is 1. The van der Waals surface area contributed by atoms with Gasteiger partial charge in [0.05, 0.1) is 16.7 Å². The van der Waals surface area contributed by atoms with E-state index in [0.29, 0.717) is 23.9 Å². The van der Waals surface area contributed by atoms with Gasteiger partial charge in [0.1, 0.15) is 11.4 Å². The normalized spacial score (nSPS) is 12.9. The molecule has 1 aromatic heterocycles. The van der Waals surface area contributed by atoms with Crippen LogP contribution in [0.25, 0.3) is 11.1 Å². The number of para-hydroxylation sites is 2. The van der Waals surface area contributed by atoms with E-state index in [2.05, 4.69) is 15.6 Å². The van der Waals surface area contributed by atoms with Gasteiger partial charge in [0.2, 0.25) is 17.6 Å². The van der Waals surface area contributed by atoms with E-state index >= 15 is 0 Å². The van der Waals surface area contributed by atoms with Crippen molar-refractivity contribution in [2.45, 2.75) is 50.1 Å². The lowest BCUT2D eigenvalue weighted by Crippen LogP contribution is -2.48. The number of nitrogens with one attached hydrogen (secondary N) is 2. The summed E-state index contributed by atoms with van der Waals surface area (Å²) in [6.45, 7) is 2.12. The molecule has 0 fully saturated rings. The van der Waals surface area contributed by atoms with Gasteiger partial charge in [0.15, 0.2) is 15.4 Å². The highest BCUT2D eigenvalue weighted by Gasteiger charge is 2.33. The van der Waals surface area contributed by atoms with Crippen LogP contribution in [0, 0.1) is 5.92 Å². The number of fused-ring (bicyclic) bond motifs is 1. The van der Waals surface area contributed by atoms with Crippen molar-refractivity contribution < 1.29 is 27.2 Å². The van der Waals surface area contributed by atoms with Gasteiger partial charge in [-0.1, -0.05) is 80.4 Å². The molecule has 2 amide bonds. The van der Waals surface area contributed by atoms with Gasteiger partial charge in [-0.3, -0.25) is 14.4 Å². The van der Waals surface area contributed by atoms with Crippen LogP contribution in [0.4, 0.5) is 0 Å². The van der Waals surface area contributed by atoms with Crippen molar-refractivity contribution >= 4 is 38.5 Å². The van der Waals surface area contributed by atoms with Crippen molar-refractivity contribution in [3.8, 4) is 0 Å². The Bertz CT molecular complexity index is 1550. The van der Waals surface area contributed by atoms with Crippen LogP contribution in [0.2, 0.25) is 0 Å². The highest BCUT2D eigenvalue weighted by molar-refractivity contribution is 7.91. The average molecular weight is 576 g/mol. The summed E-state index contributed by atoms with van der Waals surface area (Å²) in [5.74, 6) is -3.78. The molecule has 10 heteroatoms. The zero-order valence-electron chi connectivity index (χ0n) is 22.8. The van der Waals surface area contributed by atoms with Gasteiger partial charge in [-0.15, -0.1) is 0 Å². The largest absolute Gasteiger partial charge is 0.434 e. The molecular formula is C31H33N3O6S. The second-order valence-electron chi connectivity index (χ2n) is 9.73. The van der Waals surface area contributed by atoms with Crippen molar-refractivity contribution in [1.29, 1.82) is 0 Å². The van der Waals surface area contributed by atoms with Crippen LogP contribution in [0.3, 0.4) is 0 Å². The monoisotopic (exact) mass is 575 g/mol. The Kier molecular flexibility index (Phi) is 10.0. The highest BCUT2D eigenvalue weighted by Crippen LogP contribution is 2.19. The van der Waals surface area contributed by atoms with Gasteiger partial charge < -0.3 is 15.1 Å². The van der Waals surface area contributed by atoms with E-state index in [1.165, 1.54) is 12.1 Å². The van der Waals surface area contributed by atoms with Crippen LogP contribution in [0.1, 0.15) is 48.9 Å². The second kappa shape index (κ2) is 13.8. The number of benzene rings is 3. The first kappa shape index (κ1) is 29.7. The Morgan fingerprint density at radius 2 is 1.51 bits per heavy atom. The molecule has 0 aliphatic rings. The zero-order valence-corrected chi connectivity index (χ0v) is 23.6. The number of carbonyl (C=O) groups is 3. The number of ketones is 1. The lowest BCUT2D eigenvalue weighted by Gasteiger charge is -2.21. The van der Waals surface area contributed by atoms with Crippen LogP contribution in [-0.4, -0.2) is 42.8 Å². The lowest BCUT2D eigenvalue weighted by molar-refractivity contribution is -0.135. The molecule has 0 bridgehead atoms. The maximum Gasteiger partial charge on any atom is 0.266 e.